The molecule has 0 N–H and O–H groups in total. The van der Waals surface area contributed by atoms with Gasteiger partial charge in [-0.1, -0.05) is 109 Å². The van der Waals surface area contributed by atoms with Crippen molar-refractivity contribution in [2.75, 3.05) is 0 Å². The second kappa shape index (κ2) is 10.7. The van der Waals surface area contributed by atoms with Crippen LogP contribution in [-0.2, 0) is 0 Å². The summed E-state index contributed by atoms with van der Waals surface area (Å²) in [5.41, 5.74) is 6.93. The predicted molar refractivity (Wildman–Crippen MR) is 205 cm³/mol. The van der Waals surface area contributed by atoms with E-state index in [4.69, 9.17) is 29.3 Å². The molecule has 0 saturated heterocycles. The molecule has 6 nitrogen and oxygen atoms in total. The Kier molecular flexibility index (Phi) is 5.08. The van der Waals surface area contributed by atoms with Gasteiger partial charge in [0.05, 0.1) is 33.2 Å². The first-order valence-corrected chi connectivity index (χ1v) is 16.6. The van der Waals surface area contributed by atoms with Crippen LogP contribution in [0.1, 0.15) is 5.48 Å². The Morgan fingerprint density at radius 1 is 0.471 bits per heavy atom. The fraction of sp³-hybridized carbons (Fsp3) is 0. The highest BCUT2D eigenvalue weighted by atomic mass is 16.3. The Morgan fingerprint density at radius 2 is 1.16 bits per heavy atom. The van der Waals surface area contributed by atoms with E-state index in [0.717, 1.165) is 49.5 Å². The zero-order chi connectivity index (χ0) is 36.9. The third-order valence-electron chi connectivity index (χ3n) is 9.57. The highest BCUT2D eigenvalue weighted by molar-refractivity contribution is 6.15. The lowest BCUT2D eigenvalue weighted by Gasteiger charge is -2.10. The van der Waals surface area contributed by atoms with E-state index in [0.29, 0.717) is 56.0 Å². The van der Waals surface area contributed by atoms with Crippen molar-refractivity contribution in [1.82, 2.24) is 19.5 Å². The zero-order valence-electron chi connectivity index (χ0n) is 30.8. The number of rotatable bonds is 4. The number of hydrogen-bond donors (Lipinski definition) is 0. The van der Waals surface area contributed by atoms with Crippen molar-refractivity contribution in [3.05, 3.63) is 158 Å². The molecule has 7 aromatic carbocycles. The molecule has 0 fully saturated rings. The van der Waals surface area contributed by atoms with E-state index in [-0.39, 0.29) is 24.2 Å². The number of furan rings is 2. The normalized spacial score (nSPS) is 13.0. The molecule has 11 rings (SSSR count). The maximum absolute atomic E-state index is 8.94. The maximum atomic E-state index is 8.94. The molecule has 0 spiro atoms. The molecule has 0 atom stereocenters. The first kappa shape index (κ1) is 24.1. The molecule has 238 valence electrons. The fourth-order valence-electron chi connectivity index (χ4n) is 7.29. The van der Waals surface area contributed by atoms with E-state index in [2.05, 4.69) is 0 Å². The number of aromatic nitrogens is 4. The SMILES string of the molecule is [2H]c1cc([2H])c2c(c1)c1cc([2H])cc([2H])c1n2-c1cccc2oc3cc(-c4nc(-c5ccccc5)nc(-c5cccc6c5oc5ccccc56)n4)ccc3c12. The third kappa shape index (κ3) is 4.20. The summed E-state index contributed by atoms with van der Waals surface area (Å²) in [6, 6.07) is 42.6. The average Bonchev–Trinajstić information content (AvgIpc) is 3.87. The van der Waals surface area contributed by atoms with Gasteiger partial charge in [-0.25, -0.2) is 15.0 Å². The van der Waals surface area contributed by atoms with E-state index >= 15 is 0 Å². The van der Waals surface area contributed by atoms with E-state index in [1.54, 1.807) is 12.1 Å². The Bertz CT molecular complexity index is 3320. The molecule has 4 heterocycles. The lowest BCUT2D eigenvalue weighted by molar-refractivity contribution is 0.668. The van der Waals surface area contributed by atoms with Crippen molar-refractivity contribution in [3.63, 3.8) is 0 Å². The molecule has 0 unspecified atom stereocenters. The van der Waals surface area contributed by atoms with Gasteiger partial charge in [0, 0.05) is 38.1 Å². The molecule has 0 bridgehead atoms. The number of hydrogen-bond acceptors (Lipinski definition) is 5. The summed E-state index contributed by atoms with van der Waals surface area (Å²) in [7, 11) is 0. The Labute approximate surface area is 296 Å². The van der Waals surface area contributed by atoms with Crippen LogP contribution in [0.5, 0.6) is 0 Å². The summed E-state index contributed by atoms with van der Waals surface area (Å²) in [5.74, 6) is 1.48. The van der Waals surface area contributed by atoms with Gasteiger partial charge in [-0.3, -0.25) is 0 Å². The van der Waals surface area contributed by atoms with Crippen molar-refractivity contribution in [3.8, 4) is 39.9 Å². The minimum atomic E-state index is 0.162. The summed E-state index contributed by atoms with van der Waals surface area (Å²) < 4.78 is 49.4. The number of benzene rings is 7. The van der Waals surface area contributed by atoms with Gasteiger partial charge in [0.15, 0.2) is 17.5 Å². The smallest absolute Gasteiger partial charge is 0.167 e. The molecule has 0 saturated carbocycles. The summed E-state index contributed by atoms with van der Waals surface area (Å²) in [5, 5.41) is 4.95. The fourth-order valence-corrected chi connectivity index (χ4v) is 7.29. The molecule has 0 aliphatic carbocycles. The van der Waals surface area contributed by atoms with Crippen LogP contribution in [0.4, 0.5) is 0 Å². The molecule has 0 aliphatic heterocycles. The van der Waals surface area contributed by atoms with Crippen molar-refractivity contribution in [1.29, 1.82) is 0 Å². The third-order valence-corrected chi connectivity index (χ3v) is 9.57. The summed E-state index contributed by atoms with van der Waals surface area (Å²) in [4.78, 5) is 15.0. The van der Waals surface area contributed by atoms with Crippen molar-refractivity contribution < 1.29 is 14.3 Å². The van der Waals surface area contributed by atoms with E-state index in [9.17, 15) is 0 Å². The van der Waals surface area contributed by atoms with Gasteiger partial charge in [0.1, 0.15) is 22.3 Å². The monoisotopic (exact) mass is 658 g/mol. The standard InChI is InChI=1S/C45H26N4O2/c1-2-12-27(13-3-1)43-46-44(48-45(47-43)34-18-10-17-32-31-16-6-9-22-38(31)51-42(32)34)28-24-25-33-40(26-28)50-39-23-11-21-37(41(33)39)49-35-19-7-4-14-29(35)30-15-5-8-20-36(30)49/h1-26H/i4D,5D,19D,20D. The molecule has 0 radical (unpaired) electrons. The van der Waals surface area contributed by atoms with Crippen LogP contribution >= 0.6 is 0 Å². The Hall–Kier alpha value is -7.05. The zero-order valence-corrected chi connectivity index (χ0v) is 26.8. The second-order valence-corrected chi connectivity index (χ2v) is 12.5. The van der Waals surface area contributed by atoms with Crippen LogP contribution in [-0.4, -0.2) is 19.5 Å². The highest BCUT2D eigenvalue weighted by Crippen LogP contribution is 2.40. The molecule has 4 aromatic heterocycles. The van der Waals surface area contributed by atoms with E-state index < -0.39 is 0 Å². The van der Waals surface area contributed by atoms with Crippen LogP contribution in [0.3, 0.4) is 0 Å². The Morgan fingerprint density at radius 3 is 1.98 bits per heavy atom. The molecule has 0 amide bonds. The molecule has 6 heteroatoms. The minimum absolute atomic E-state index is 0.162. The first-order chi connectivity index (χ1) is 26.9. The van der Waals surface area contributed by atoms with Crippen LogP contribution in [0.15, 0.2) is 166 Å². The molecule has 0 aliphatic rings. The van der Waals surface area contributed by atoms with Gasteiger partial charge in [-0.2, -0.15) is 0 Å². The van der Waals surface area contributed by atoms with Gasteiger partial charge in [-0.15, -0.1) is 0 Å². The van der Waals surface area contributed by atoms with Crippen molar-refractivity contribution in [2.45, 2.75) is 0 Å². The van der Waals surface area contributed by atoms with Crippen LogP contribution in [0.25, 0.3) is 106 Å². The molecular weight excluding hydrogens is 629 g/mol. The summed E-state index contributed by atoms with van der Waals surface area (Å²) >= 11 is 0. The number of para-hydroxylation sites is 4. The van der Waals surface area contributed by atoms with Gasteiger partial charge in [0.2, 0.25) is 0 Å². The minimum Gasteiger partial charge on any atom is -0.456 e. The highest BCUT2D eigenvalue weighted by Gasteiger charge is 2.20. The summed E-state index contributed by atoms with van der Waals surface area (Å²) in [6.45, 7) is 0. The number of fused-ring (bicyclic) bond motifs is 9. The van der Waals surface area contributed by atoms with Gasteiger partial charge in [0.25, 0.3) is 0 Å². The van der Waals surface area contributed by atoms with Gasteiger partial charge >= 0.3 is 0 Å². The van der Waals surface area contributed by atoms with Gasteiger partial charge < -0.3 is 13.4 Å². The average molecular weight is 659 g/mol. The Balaban J connectivity index is 1.13. The first-order valence-electron chi connectivity index (χ1n) is 18.6. The number of nitrogens with zero attached hydrogens (tertiary/aromatic N) is 4. The maximum Gasteiger partial charge on any atom is 0.167 e. The predicted octanol–water partition coefficient (Wildman–Crippen LogP) is 11.8. The van der Waals surface area contributed by atoms with Crippen LogP contribution in [0, 0.1) is 0 Å². The lowest BCUT2D eigenvalue weighted by Crippen LogP contribution is -2.00. The largest absolute Gasteiger partial charge is 0.456 e. The molecule has 11 aromatic rings. The van der Waals surface area contributed by atoms with E-state index in [1.807, 2.05) is 114 Å². The van der Waals surface area contributed by atoms with Crippen LogP contribution in [0.2, 0.25) is 0 Å². The second-order valence-electron chi connectivity index (χ2n) is 12.5. The topological polar surface area (TPSA) is 69.9 Å². The van der Waals surface area contributed by atoms with Crippen molar-refractivity contribution >= 4 is 65.7 Å². The summed E-state index contributed by atoms with van der Waals surface area (Å²) in [6.07, 6.45) is 0. The quantitative estimate of drug-likeness (QED) is 0.188. The van der Waals surface area contributed by atoms with E-state index in [1.165, 1.54) is 12.1 Å². The van der Waals surface area contributed by atoms with Gasteiger partial charge in [-0.05, 0) is 48.5 Å². The van der Waals surface area contributed by atoms with Crippen molar-refractivity contribution in [2.24, 2.45) is 0 Å². The van der Waals surface area contributed by atoms with Crippen LogP contribution < -0.4 is 0 Å². The lowest BCUT2D eigenvalue weighted by atomic mass is 10.1. The molecule has 51 heavy (non-hydrogen) atoms. The molecular formula is C45H26N4O2.